The van der Waals surface area contributed by atoms with Crippen molar-refractivity contribution >= 4 is 34.6 Å². The van der Waals surface area contributed by atoms with Gasteiger partial charge in [0.25, 0.3) is 11.8 Å². The quantitative estimate of drug-likeness (QED) is 0.0991. The smallest absolute Gasteiger partial charge is 0.256 e. The first kappa shape index (κ1) is 37.0. The maximum absolute atomic E-state index is 13.8. The van der Waals surface area contributed by atoms with E-state index < -0.39 is 11.8 Å². The Morgan fingerprint density at radius 3 is 1.40 bits per heavy atom. The fourth-order valence-electron chi connectivity index (χ4n) is 4.84. The Labute approximate surface area is 292 Å². The van der Waals surface area contributed by atoms with E-state index >= 15 is 0 Å². The standard InChI is InChI=1S/C38H44N4O8/c1-7-45-31-20-25(21-32(46-8-2)35(31)49-11-5)37(43)39-28-18-19-29(42-41-27-16-14-13-15-17-27)30(24-28)40-38(44)26-22-33(47-9-3)36(50-12-6)34(23-26)48-10-4/h13-24H,7-12H2,1-6H3,(H,39,43)(H,40,44). The van der Waals surface area contributed by atoms with Crippen LogP contribution in [-0.2, 0) is 0 Å². The first-order valence-electron chi connectivity index (χ1n) is 16.7. The van der Waals surface area contributed by atoms with E-state index in [4.69, 9.17) is 28.4 Å². The van der Waals surface area contributed by atoms with Crippen molar-refractivity contribution in [2.45, 2.75) is 41.5 Å². The molecule has 0 heterocycles. The number of ether oxygens (including phenoxy) is 6. The van der Waals surface area contributed by atoms with Crippen LogP contribution < -0.4 is 39.1 Å². The number of benzene rings is 4. The molecule has 2 amide bonds. The lowest BCUT2D eigenvalue weighted by Gasteiger charge is -2.18. The van der Waals surface area contributed by atoms with Gasteiger partial charge in [-0.25, -0.2) is 0 Å². The summed E-state index contributed by atoms with van der Waals surface area (Å²) in [6.07, 6.45) is 0. The number of amides is 2. The molecule has 0 fully saturated rings. The van der Waals surface area contributed by atoms with Gasteiger partial charge in [-0.3, -0.25) is 9.59 Å². The van der Waals surface area contributed by atoms with Crippen LogP contribution in [0.2, 0.25) is 0 Å². The molecule has 0 bridgehead atoms. The molecular formula is C38H44N4O8. The number of carbonyl (C=O) groups excluding carboxylic acids is 2. The van der Waals surface area contributed by atoms with Crippen molar-refractivity contribution in [3.05, 3.63) is 83.9 Å². The largest absolute Gasteiger partial charge is 0.490 e. The molecular weight excluding hydrogens is 640 g/mol. The second kappa shape index (κ2) is 18.7. The van der Waals surface area contributed by atoms with Crippen LogP contribution in [0.15, 0.2) is 83.0 Å². The minimum Gasteiger partial charge on any atom is -0.490 e. The lowest BCUT2D eigenvalue weighted by Crippen LogP contribution is -2.15. The van der Waals surface area contributed by atoms with Gasteiger partial charge in [0, 0.05) is 16.8 Å². The van der Waals surface area contributed by atoms with Gasteiger partial charge in [0.1, 0.15) is 5.69 Å². The molecule has 264 valence electrons. The molecule has 2 N–H and O–H groups in total. The second-order valence-corrected chi connectivity index (χ2v) is 10.4. The number of anilines is 2. The van der Waals surface area contributed by atoms with Gasteiger partial charge in [0.05, 0.1) is 51.0 Å². The predicted octanol–water partition coefficient (Wildman–Crippen LogP) is 9.00. The van der Waals surface area contributed by atoms with Crippen molar-refractivity contribution < 1.29 is 38.0 Å². The molecule has 0 atom stereocenters. The second-order valence-electron chi connectivity index (χ2n) is 10.4. The van der Waals surface area contributed by atoms with Gasteiger partial charge in [-0.2, -0.15) is 5.11 Å². The monoisotopic (exact) mass is 684 g/mol. The van der Waals surface area contributed by atoms with Crippen LogP contribution in [0, 0.1) is 0 Å². The molecule has 0 saturated carbocycles. The van der Waals surface area contributed by atoms with E-state index in [9.17, 15) is 9.59 Å². The molecule has 0 radical (unpaired) electrons. The number of nitrogens with one attached hydrogen (secondary N) is 2. The molecule has 12 heteroatoms. The highest BCUT2D eigenvalue weighted by Crippen LogP contribution is 2.41. The topological polar surface area (TPSA) is 138 Å². The summed E-state index contributed by atoms with van der Waals surface area (Å²) >= 11 is 0. The Hall–Kier alpha value is -5.78. The van der Waals surface area contributed by atoms with Gasteiger partial charge in [0.2, 0.25) is 11.5 Å². The van der Waals surface area contributed by atoms with Crippen molar-refractivity contribution in [2.24, 2.45) is 10.2 Å². The summed E-state index contributed by atoms with van der Waals surface area (Å²) in [5.74, 6) is 1.49. The Kier molecular flexibility index (Phi) is 13.8. The summed E-state index contributed by atoms with van der Waals surface area (Å²) in [5.41, 5.74) is 2.24. The van der Waals surface area contributed by atoms with Crippen LogP contribution in [0.5, 0.6) is 34.5 Å². The third-order valence-corrected chi connectivity index (χ3v) is 6.87. The van der Waals surface area contributed by atoms with Crippen LogP contribution in [0.25, 0.3) is 0 Å². The number of azo groups is 1. The average molecular weight is 685 g/mol. The summed E-state index contributed by atoms with van der Waals surface area (Å²) in [6, 6.07) is 20.5. The molecule has 0 aliphatic heterocycles. The fraction of sp³-hybridized carbons (Fsp3) is 0.316. The minimum absolute atomic E-state index is 0.266. The molecule has 0 spiro atoms. The summed E-state index contributed by atoms with van der Waals surface area (Å²) < 4.78 is 34.8. The maximum atomic E-state index is 13.8. The normalized spacial score (nSPS) is 10.8. The lowest BCUT2D eigenvalue weighted by atomic mass is 10.1. The van der Waals surface area contributed by atoms with E-state index in [0.717, 1.165) is 0 Å². The first-order chi connectivity index (χ1) is 24.3. The zero-order chi connectivity index (χ0) is 35.9. The van der Waals surface area contributed by atoms with Gasteiger partial charge in [-0.15, -0.1) is 5.11 Å². The summed E-state index contributed by atoms with van der Waals surface area (Å²) in [7, 11) is 0. The highest BCUT2D eigenvalue weighted by Gasteiger charge is 2.21. The van der Waals surface area contributed by atoms with Gasteiger partial charge >= 0.3 is 0 Å². The summed E-state index contributed by atoms with van der Waals surface area (Å²) in [6.45, 7) is 13.3. The summed E-state index contributed by atoms with van der Waals surface area (Å²) in [4.78, 5) is 27.4. The lowest BCUT2D eigenvalue weighted by molar-refractivity contribution is 0.101. The number of hydrogen-bond donors (Lipinski definition) is 2. The van der Waals surface area contributed by atoms with E-state index in [1.54, 1.807) is 42.5 Å². The molecule has 12 nitrogen and oxygen atoms in total. The number of nitrogens with zero attached hydrogens (tertiary/aromatic N) is 2. The first-order valence-corrected chi connectivity index (χ1v) is 16.7. The van der Waals surface area contributed by atoms with Crippen LogP contribution in [0.1, 0.15) is 62.3 Å². The zero-order valence-corrected chi connectivity index (χ0v) is 29.3. The Bertz CT molecular complexity index is 1720. The molecule has 0 aliphatic carbocycles. The predicted molar refractivity (Wildman–Crippen MR) is 193 cm³/mol. The van der Waals surface area contributed by atoms with E-state index in [0.29, 0.717) is 102 Å². The number of carbonyl (C=O) groups is 2. The molecule has 4 aromatic carbocycles. The molecule has 0 aliphatic rings. The minimum atomic E-state index is -0.469. The molecule has 50 heavy (non-hydrogen) atoms. The van der Waals surface area contributed by atoms with Crippen molar-refractivity contribution in [3.8, 4) is 34.5 Å². The van der Waals surface area contributed by atoms with Crippen LogP contribution >= 0.6 is 0 Å². The molecule has 0 aromatic heterocycles. The van der Waals surface area contributed by atoms with Crippen molar-refractivity contribution in [1.29, 1.82) is 0 Å². The molecule has 0 saturated heterocycles. The third-order valence-electron chi connectivity index (χ3n) is 6.87. The SMILES string of the molecule is CCOc1cc(C(=O)Nc2ccc(N=Nc3ccccc3)c(NC(=O)c3cc(OCC)c(OCC)c(OCC)c3)c2)cc(OCC)c1OCC. The number of hydrogen-bond acceptors (Lipinski definition) is 10. The zero-order valence-electron chi connectivity index (χ0n) is 29.3. The van der Waals surface area contributed by atoms with Crippen molar-refractivity contribution in [2.75, 3.05) is 50.3 Å². The Morgan fingerprint density at radius 1 is 0.520 bits per heavy atom. The molecule has 4 rings (SSSR count). The number of rotatable bonds is 18. The maximum Gasteiger partial charge on any atom is 0.256 e. The average Bonchev–Trinajstić information content (AvgIpc) is 3.11. The van der Waals surface area contributed by atoms with Gasteiger partial charge < -0.3 is 39.1 Å². The van der Waals surface area contributed by atoms with Crippen LogP contribution in [0.3, 0.4) is 0 Å². The van der Waals surface area contributed by atoms with E-state index in [-0.39, 0.29) is 5.56 Å². The highest BCUT2D eigenvalue weighted by atomic mass is 16.5. The van der Waals surface area contributed by atoms with E-state index in [1.165, 1.54) is 0 Å². The van der Waals surface area contributed by atoms with Crippen LogP contribution in [0.4, 0.5) is 22.7 Å². The van der Waals surface area contributed by atoms with Gasteiger partial charge in [-0.05, 0) is 96.1 Å². The van der Waals surface area contributed by atoms with Gasteiger partial charge in [0.15, 0.2) is 23.0 Å². The Balaban J connectivity index is 1.72. The molecule has 4 aromatic rings. The Morgan fingerprint density at radius 2 is 0.960 bits per heavy atom. The summed E-state index contributed by atoms with van der Waals surface area (Å²) in [5, 5.41) is 14.6. The van der Waals surface area contributed by atoms with E-state index in [2.05, 4.69) is 20.9 Å². The third kappa shape index (κ3) is 9.65. The van der Waals surface area contributed by atoms with Gasteiger partial charge in [-0.1, -0.05) is 18.2 Å². The van der Waals surface area contributed by atoms with Crippen molar-refractivity contribution in [3.63, 3.8) is 0 Å². The fourth-order valence-corrected chi connectivity index (χ4v) is 4.84. The highest BCUT2D eigenvalue weighted by molar-refractivity contribution is 6.08. The van der Waals surface area contributed by atoms with E-state index in [1.807, 2.05) is 71.9 Å². The molecule has 0 unspecified atom stereocenters. The van der Waals surface area contributed by atoms with Crippen LogP contribution in [-0.4, -0.2) is 51.5 Å². The van der Waals surface area contributed by atoms with Crippen molar-refractivity contribution in [1.82, 2.24) is 0 Å².